The second-order valence-electron chi connectivity index (χ2n) is 3.60. The highest BCUT2D eigenvalue weighted by atomic mass is 32.1. The quantitative estimate of drug-likeness (QED) is 0.583. The summed E-state index contributed by atoms with van der Waals surface area (Å²) >= 11 is 1.60. The highest BCUT2D eigenvalue weighted by Gasteiger charge is 1.98. The molecule has 0 radical (unpaired) electrons. The van der Waals surface area contributed by atoms with Gasteiger partial charge in [-0.15, -0.1) is 11.3 Å². The number of thiophene rings is 1. The minimum Gasteiger partial charge on any atom is -0.376 e. The SMILES string of the molecule is C=C(C)COCCNCc1cc(C#N)cs1. The van der Waals surface area contributed by atoms with Crippen LogP contribution in [0.1, 0.15) is 17.4 Å². The zero-order chi connectivity index (χ0) is 11.8. The first kappa shape index (κ1) is 12.9. The molecule has 0 aliphatic rings. The maximum atomic E-state index is 8.65. The predicted molar refractivity (Wildman–Crippen MR) is 66.4 cm³/mol. The molecule has 1 rings (SSSR count). The van der Waals surface area contributed by atoms with Crippen molar-refractivity contribution in [2.24, 2.45) is 0 Å². The molecule has 4 heteroatoms. The van der Waals surface area contributed by atoms with E-state index in [-0.39, 0.29) is 0 Å². The average Bonchev–Trinajstić information content (AvgIpc) is 2.70. The molecule has 0 saturated carbocycles. The van der Waals surface area contributed by atoms with Gasteiger partial charge in [0.05, 0.1) is 18.8 Å². The highest BCUT2D eigenvalue weighted by Crippen LogP contribution is 2.12. The molecule has 3 nitrogen and oxygen atoms in total. The number of ether oxygens (including phenoxy) is 1. The van der Waals surface area contributed by atoms with Crippen LogP contribution in [0.15, 0.2) is 23.6 Å². The molecular formula is C12H16N2OS. The Bertz CT molecular complexity index is 379. The molecule has 0 fully saturated rings. The van der Waals surface area contributed by atoms with E-state index < -0.39 is 0 Å². The molecule has 86 valence electrons. The minimum absolute atomic E-state index is 0.624. The van der Waals surface area contributed by atoms with Crippen LogP contribution >= 0.6 is 11.3 Å². The summed E-state index contributed by atoms with van der Waals surface area (Å²) in [5.74, 6) is 0. The average molecular weight is 236 g/mol. The van der Waals surface area contributed by atoms with E-state index in [4.69, 9.17) is 10.00 Å². The Balaban J connectivity index is 2.07. The topological polar surface area (TPSA) is 45.0 Å². The van der Waals surface area contributed by atoms with Crippen molar-refractivity contribution in [2.75, 3.05) is 19.8 Å². The van der Waals surface area contributed by atoms with Crippen LogP contribution < -0.4 is 5.32 Å². The maximum Gasteiger partial charge on any atom is 0.100 e. The van der Waals surface area contributed by atoms with Crippen molar-refractivity contribution in [3.8, 4) is 6.07 Å². The van der Waals surface area contributed by atoms with E-state index in [9.17, 15) is 0 Å². The summed E-state index contributed by atoms with van der Waals surface area (Å²) in [5.41, 5.74) is 1.78. The van der Waals surface area contributed by atoms with Crippen LogP contribution in [0.25, 0.3) is 0 Å². The van der Waals surface area contributed by atoms with Gasteiger partial charge in [0.25, 0.3) is 0 Å². The molecule has 1 aromatic rings. The zero-order valence-electron chi connectivity index (χ0n) is 9.45. The lowest BCUT2D eigenvalue weighted by molar-refractivity contribution is 0.158. The first-order valence-electron chi connectivity index (χ1n) is 5.12. The lowest BCUT2D eigenvalue weighted by Crippen LogP contribution is -2.19. The van der Waals surface area contributed by atoms with Gasteiger partial charge in [0, 0.05) is 23.3 Å². The zero-order valence-corrected chi connectivity index (χ0v) is 10.3. The van der Waals surface area contributed by atoms with Crippen molar-refractivity contribution in [2.45, 2.75) is 13.5 Å². The minimum atomic E-state index is 0.624. The summed E-state index contributed by atoms with van der Waals surface area (Å²) in [4.78, 5) is 1.18. The fourth-order valence-corrected chi connectivity index (χ4v) is 1.91. The van der Waals surface area contributed by atoms with Gasteiger partial charge in [-0.2, -0.15) is 5.26 Å². The molecule has 0 saturated heterocycles. The molecule has 0 unspecified atom stereocenters. The summed E-state index contributed by atoms with van der Waals surface area (Å²) in [6.45, 7) is 8.62. The second-order valence-corrected chi connectivity index (χ2v) is 4.60. The summed E-state index contributed by atoms with van der Waals surface area (Å²) in [5, 5.41) is 13.8. The van der Waals surface area contributed by atoms with E-state index in [2.05, 4.69) is 18.0 Å². The summed E-state index contributed by atoms with van der Waals surface area (Å²) < 4.78 is 5.35. The van der Waals surface area contributed by atoms with E-state index in [0.29, 0.717) is 13.2 Å². The molecule has 0 spiro atoms. The highest BCUT2D eigenvalue weighted by molar-refractivity contribution is 7.10. The van der Waals surface area contributed by atoms with E-state index in [1.165, 1.54) is 4.88 Å². The first-order chi connectivity index (χ1) is 7.72. The number of rotatable bonds is 7. The van der Waals surface area contributed by atoms with E-state index in [1.807, 2.05) is 18.4 Å². The lowest BCUT2D eigenvalue weighted by atomic mass is 10.3. The van der Waals surface area contributed by atoms with Gasteiger partial charge in [-0.25, -0.2) is 0 Å². The Morgan fingerprint density at radius 2 is 2.50 bits per heavy atom. The fourth-order valence-electron chi connectivity index (χ4n) is 1.13. The van der Waals surface area contributed by atoms with Gasteiger partial charge < -0.3 is 10.1 Å². The molecule has 0 aromatic carbocycles. The van der Waals surface area contributed by atoms with Gasteiger partial charge >= 0.3 is 0 Å². The maximum absolute atomic E-state index is 8.65. The van der Waals surface area contributed by atoms with Gasteiger partial charge in [0.2, 0.25) is 0 Å². The third kappa shape index (κ3) is 5.08. The summed E-state index contributed by atoms with van der Waals surface area (Å²) in [7, 11) is 0. The van der Waals surface area contributed by atoms with Crippen molar-refractivity contribution >= 4 is 11.3 Å². The van der Waals surface area contributed by atoms with E-state index in [0.717, 1.165) is 24.2 Å². The van der Waals surface area contributed by atoms with Crippen molar-refractivity contribution in [3.63, 3.8) is 0 Å². The Morgan fingerprint density at radius 1 is 1.69 bits per heavy atom. The fraction of sp³-hybridized carbons (Fsp3) is 0.417. The van der Waals surface area contributed by atoms with Gasteiger partial charge in [0.1, 0.15) is 6.07 Å². The van der Waals surface area contributed by atoms with Crippen LogP contribution in [0.5, 0.6) is 0 Å². The second kappa shape index (κ2) is 7.18. The Labute approximate surface area is 100 Å². The van der Waals surface area contributed by atoms with Crippen LogP contribution in [0, 0.1) is 11.3 Å². The third-order valence-corrected chi connectivity index (χ3v) is 2.79. The van der Waals surface area contributed by atoms with Crippen LogP contribution in [-0.4, -0.2) is 19.8 Å². The van der Waals surface area contributed by atoms with Crippen molar-refractivity contribution < 1.29 is 4.74 Å². The Hall–Kier alpha value is -1.15. The number of nitriles is 1. The molecular weight excluding hydrogens is 220 g/mol. The normalized spacial score (nSPS) is 10.0. The van der Waals surface area contributed by atoms with Crippen LogP contribution in [0.4, 0.5) is 0 Å². The molecule has 0 atom stereocenters. The standard InChI is InChI=1S/C12H16N2OS/c1-10(2)8-15-4-3-14-7-12-5-11(6-13)9-16-12/h5,9,14H,1,3-4,7-8H2,2H3. The molecule has 1 N–H and O–H groups in total. The third-order valence-electron chi connectivity index (χ3n) is 1.85. The largest absolute Gasteiger partial charge is 0.376 e. The van der Waals surface area contributed by atoms with Crippen molar-refractivity contribution in [3.05, 3.63) is 34.0 Å². The lowest BCUT2D eigenvalue weighted by Gasteiger charge is -2.04. The van der Waals surface area contributed by atoms with Crippen LogP contribution in [0.2, 0.25) is 0 Å². The number of hydrogen-bond acceptors (Lipinski definition) is 4. The van der Waals surface area contributed by atoms with E-state index in [1.54, 1.807) is 11.3 Å². The number of hydrogen-bond donors (Lipinski definition) is 1. The van der Waals surface area contributed by atoms with Gasteiger partial charge in [-0.05, 0) is 13.0 Å². The van der Waals surface area contributed by atoms with Gasteiger partial charge in [-0.1, -0.05) is 12.2 Å². The van der Waals surface area contributed by atoms with E-state index >= 15 is 0 Å². The molecule has 1 heterocycles. The van der Waals surface area contributed by atoms with Crippen LogP contribution in [0.3, 0.4) is 0 Å². The molecule has 0 aliphatic carbocycles. The van der Waals surface area contributed by atoms with Crippen molar-refractivity contribution in [1.82, 2.24) is 5.32 Å². The number of nitrogens with zero attached hydrogens (tertiary/aromatic N) is 1. The first-order valence-corrected chi connectivity index (χ1v) is 6.00. The smallest absolute Gasteiger partial charge is 0.100 e. The molecule has 0 amide bonds. The molecule has 1 aromatic heterocycles. The molecule has 0 bridgehead atoms. The predicted octanol–water partition coefficient (Wildman–Crippen LogP) is 2.30. The summed E-state index contributed by atoms with van der Waals surface area (Å²) in [6, 6.07) is 4.03. The van der Waals surface area contributed by atoms with Crippen molar-refractivity contribution in [1.29, 1.82) is 5.26 Å². The summed E-state index contributed by atoms with van der Waals surface area (Å²) in [6.07, 6.45) is 0. The molecule has 0 aliphatic heterocycles. The Morgan fingerprint density at radius 3 is 3.12 bits per heavy atom. The van der Waals surface area contributed by atoms with Gasteiger partial charge in [-0.3, -0.25) is 0 Å². The monoisotopic (exact) mass is 236 g/mol. The Kier molecular flexibility index (Phi) is 5.79. The molecule has 16 heavy (non-hydrogen) atoms. The van der Waals surface area contributed by atoms with Gasteiger partial charge in [0.15, 0.2) is 0 Å². The van der Waals surface area contributed by atoms with Crippen LogP contribution in [-0.2, 0) is 11.3 Å². The number of nitrogens with one attached hydrogen (secondary N) is 1.